The molecular weight excluding hydrogens is 300 g/mol. The molecule has 1 unspecified atom stereocenters. The zero-order chi connectivity index (χ0) is 17.2. The molecule has 0 spiro atoms. The quantitative estimate of drug-likeness (QED) is 0.509. The largest absolute Gasteiger partial charge is 0.460 e. The summed E-state index contributed by atoms with van der Waals surface area (Å²) in [5, 5.41) is 3.36. The summed E-state index contributed by atoms with van der Waals surface area (Å²) in [5.41, 5.74) is 9.33. The van der Waals surface area contributed by atoms with Crippen molar-refractivity contribution >= 4 is 5.97 Å². The second-order valence-corrected chi connectivity index (χ2v) is 6.56. The summed E-state index contributed by atoms with van der Waals surface area (Å²) in [6, 6.07) is 9.77. The summed E-state index contributed by atoms with van der Waals surface area (Å²) in [6.07, 6.45) is 6.88. The molecule has 1 aromatic carbocycles. The number of ether oxygens (including phenoxy) is 1. The Kier molecular flexibility index (Phi) is 7.83. The lowest BCUT2D eigenvalue weighted by Crippen LogP contribution is -2.29. The van der Waals surface area contributed by atoms with Crippen LogP contribution >= 0.6 is 0 Å². The van der Waals surface area contributed by atoms with Crippen LogP contribution < -0.4 is 11.1 Å². The van der Waals surface area contributed by atoms with Gasteiger partial charge in [0.1, 0.15) is 13.2 Å². The number of carbonyl (C=O) groups excluding carboxylic acids is 1. The van der Waals surface area contributed by atoms with Crippen LogP contribution in [-0.2, 0) is 16.1 Å². The molecule has 0 bridgehead atoms. The standard InChI is InChI=1S/C20H30N2O2/c1-16(8-5-6-13-21)20(18-11-7-12-18)22-14-19(23)24-15-17-9-3-2-4-10-17/h2-4,9-10,16,22H,5-8,11-15,21H2,1H3. The highest BCUT2D eigenvalue weighted by molar-refractivity contribution is 5.72. The van der Waals surface area contributed by atoms with Gasteiger partial charge in [-0.3, -0.25) is 4.79 Å². The van der Waals surface area contributed by atoms with Gasteiger partial charge in [-0.2, -0.15) is 0 Å². The van der Waals surface area contributed by atoms with Crippen LogP contribution in [0.3, 0.4) is 0 Å². The molecule has 4 nitrogen and oxygen atoms in total. The summed E-state index contributed by atoms with van der Waals surface area (Å²) in [6.45, 7) is 3.56. The molecule has 24 heavy (non-hydrogen) atoms. The summed E-state index contributed by atoms with van der Waals surface area (Å²) in [4.78, 5) is 12.0. The minimum atomic E-state index is -0.203. The molecule has 0 aliphatic heterocycles. The lowest BCUT2D eigenvalue weighted by atomic mass is 9.85. The Morgan fingerprint density at radius 2 is 2.00 bits per heavy atom. The smallest absolute Gasteiger partial charge is 0.325 e. The maximum Gasteiger partial charge on any atom is 0.325 e. The highest BCUT2D eigenvalue weighted by Crippen LogP contribution is 2.32. The number of esters is 1. The van der Waals surface area contributed by atoms with Crippen LogP contribution in [0.15, 0.2) is 41.6 Å². The van der Waals surface area contributed by atoms with Gasteiger partial charge in [-0.05, 0) is 50.1 Å². The van der Waals surface area contributed by atoms with Crippen LogP contribution in [0.5, 0.6) is 0 Å². The molecule has 1 saturated carbocycles. The van der Waals surface area contributed by atoms with E-state index in [4.69, 9.17) is 10.5 Å². The topological polar surface area (TPSA) is 64.3 Å². The van der Waals surface area contributed by atoms with Gasteiger partial charge in [0.25, 0.3) is 0 Å². The fourth-order valence-corrected chi connectivity index (χ4v) is 2.97. The van der Waals surface area contributed by atoms with E-state index in [1.54, 1.807) is 0 Å². The minimum absolute atomic E-state index is 0.203. The van der Waals surface area contributed by atoms with Gasteiger partial charge in [0.05, 0.1) is 0 Å². The van der Waals surface area contributed by atoms with Crippen molar-refractivity contribution in [3.8, 4) is 0 Å². The second kappa shape index (κ2) is 10.1. The number of hydrogen-bond donors (Lipinski definition) is 2. The van der Waals surface area contributed by atoms with Crippen LogP contribution in [0.4, 0.5) is 0 Å². The third-order valence-electron chi connectivity index (χ3n) is 4.59. The third kappa shape index (κ3) is 6.00. The Morgan fingerprint density at radius 3 is 2.62 bits per heavy atom. The number of nitrogens with two attached hydrogens (primary N) is 1. The van der Waals surface area contributed by atoms with E-state index in [1.807, 2.05) is 30.3 Å². The monoisotopic (exact) mass is 330 g/mol. The SMILES string of the molecule is CC(CCCCN)C(NCC(=O)OCc1ccccc1)=C1CCC1. The molecule has 0 radical (unpaired) electrons. The Labute approximate surface area is 145 Å². The van der Waals surface area contributed by atoms with Gasteiger partial charge in [-0.25, -0.2) is 0 Å². The Morgan fingerprint density at radius 1 is 1.25 bits per heavy atom. The molecule has 132 valence electrons. The molecule has 4 heteroatoms. The molecule has 1 aliphatic rings. The van der Waals surface area contributed by atoms with Gasteiger partial charge < -0.3 is 15.8 Å². The Hall–Kier alpha value is -1.81. The van der Waals surface area contributed by atoms with Gasteiger partial charge in [-0.1, -0.05) is 49.2 Å². The van der Waals surface area contributed by atoms with E-state index in [2.05, 4.69) is 12.2 Å². The zero-order valence-electron chi connectivity index (χ0n) is 14.7. The maximum atomic E-state index is 12.0. The number of unbranched alkanes of at least 4 members (excludes halogenated alkanes) is 1. The van der Waals surface area contributed by atoms with Crippen molar-refractivity contribution in [3.63, 3.8) is 0 Å². The van der Waals surface area contributed by atoms with Crippen LogP contribution in [0.2, 0.25) is 0 Å². The number of nitrogens with one attached hydrogen (secondary N) is 1. The van der Waals surface area contributed by atoms with Crippen LogP contribution in [0.1, 0.15) is 51.0 Å². The van der Waals surface area contributed by atoms with Crippen molar-refractivity contribution in [2.45, 2.75) is 52.1 Å². The predicted octanol–water partition coefficient (Wildman–Crippen LogP) is 3.52. The molecule has 1 aliphatic carbocycles. The first-order valence-electron chi connectivity index (χ1n) is 9.06. The molecule has 1 fully saturated rings. The van der Waals surface area contributed by atoms with Crippen molar-refractivity contribution in [2.24, 2.45) is 11.7 Å². The number of hydrogen-bond acceptors (Lipinski definition) is 4. The van der Waals surface area contributed by atoms with Crippen LogP contribution in [0.25, 0.3) is 0 Å². The highest BCUT2D eigenvalue weighted by Gasteiger charge is 2.19. The number of rotatable bonds is 10. The van der Waals surface area contributed by atoms with E-state index in [-0.39, 0.29) is 12.5 Å². The van der Waals surface area contributed by atoms with E-state index in [9.17, 15) is 4.79 Å². The predicted molar refractivity (Wildman–Crippen MR) is 97.2 cm³/mol. The van der Waals surface area contributed by atoms with Crippen molar-refractivity contribution < 1.29 is 9.53 Å². The third-order valence-corrected chi connectivity index (χ3v) is 4.59. The van der Waals surface area contributed by atoms with Gasteiger partial charge in [0.2, 0.25) is 0 Å². The van der Waals surface area contributed by atoms with E-state index < -0.39 is 0 Å². The average Bonchev–Trinajstić information content (AvgIpc) is 2.56. The molecule has 3 N–H and O–H groups in total. The Bertz CT molecular complexity index is 534. The van der Waals surface area contributed by atoms with E-state index >= 15 is 0 Å². The molecule has 1 atom stereocenters. The van der Waals surface area contributed by atoms with E-state index in [1.165, 1.54) is 17.7 Å². The van der Waals surface area contributed by atoms with Gasteiger partial charge in [0, 0.05) is 5.70 Å². The minimum Gasteiger partial charge on any atom is -0.460 e. The number of allylic oxidation sites excluding steroid dienone is 2. The molecule has 0 heterocycles. The van der Waals surface area contributed by atoms with Gasteiger partial charge in [-0.15, -0.1) is 0 Å². The van der Waals surface area contributed by atoms with Crippen molar-refractivity contribution in [2.75, 3.05) is 13.1 Å². The number of benzene rings is 1. The molecule has 0 amide bonds. The molecule has 1 aromatic rings. The average molecular weight is 330 g/mol. The van der Waals surface area contributed by atoms with E-state index in [0.29, 0.717) is 12.5 Å². The molecule has 0 aromatic heterocycles. The van der Waals surface area contributed by atoms with Crippen LogP contribution in [-0.4, -0.2) is 19.1 Å². The van der Waals surface area contributed by atoms with Crippen molar-refractivity contribution in [1.82, 2.24) is 5.32 Å². The first-order valence-corrected chi connectivity index (χ1v) is 9.06. The lowest BCUT2D eigenvalue weighted by molar-refractivity contribution is -0.143. The summed E-state index contributed by atoms with van der Waals surface area (Å²) in [7, 11) is 0. The first kappa shape index (κ1) is 18.5. The molecule has 2 rings (SSSR count). The summed E-state index contributed by atoms with van der Waals surface area (Å²) < 4.78 is 5.35. The summed E-state index contributed by atoms with van der Waals surface area (Å²) in [5.74, 6) is 0.249. The molecular formula is C20H30N2O2. The lowest BCUT2D eigenvalue weighted by Gasteiger charge is -2.27. The first-order chi connectivity index (χ1) is 11.7. The fraction of sp³-hybridized carbons (Fsp3) is 0.550. The second-order valence-electron chi connectivity index (χ2n) is 6.56. The summed E-state index contributed by atoms with van der Waals surface area (Å²) >= 11 is 0. The van der Waals surface area contributed by atoms with Crippen LogP contribution in [0, 0.1) is 5.92 Å². The van der Waals surface area contributed by atoms with Gasteiger partial charge >= 0.3 is 5.97 Å². The van der Waals surface area contributed by atoms with Crippen molar-refractivity contribution in [1.29, 1.82) is 0 Å². The molecule has 0 saturated heterocycles. The highest BCUT2D eigenvalue weighted by atomic mass is 16.5. The fourth-order valence-electron chi connectivity index (χ4n) is 2.97. The Balaban J connectivity index is 1.79. The number of carbonyl (C=O) groups is 1. The normalized spacial score (nSPS) is 14.7. The van der Waals surface area contributed by atoms with Gasteiger partial charge in [0.15, 0.2) is 0 Å². The zero-order valence-corrected chi connectivity index (χ0v) is 14.7. The van der Waals surface area contributed by atoms with Crippen molar-refractivity contribution in [3.05, 3.63) is 47.2 Å². The van der Waals surface area contributed by atoms with E-state index in [0.717, 1.165) is 44.2 Å². The maximum absolute atomic E-state index is 12.0.